The van der Waals surface area contributed by atoms with E-state index in [1.54, 1.807) is 35.0 Å². The second kappa shape index (κ2) is 52.5. The average Bonchev–Trinajstić information content (AvgIpc) is 4.14. The lowest BCUT2D eigenvalue weighted by molar-refractivity contribution is 0.799. The fraction of sp³-hybridized carbons (Fsp3) is 0.714. The van der Waals surface area contributed by atoms with Crippen molar-refractivity contribution in [3.8, 4) is 0 Å². The second-order valence-electron chi connectivity index (χ2n) is 11.7. The Bertz CT molecular complexity index is 1180. The molecule has 0 aliphatic carbocycles. The van der Waals surface area contributed by atoms with E-state index in [2.05, 4.69) is 140 Å². The van der Waals surface area contributed by atoms with Crippen LogP contribution in [0.15, 0.2) is 35.3 Å². The molecule has 6 heterocycles. The highest BCUT2D eigenvalue weighted by Gasteiger charge is 2.02. The maximum atomic E-state index is 4.05. The molecule has 18 heteroatoms. The molecular formula is C42H84N12S6. The van der Waals surface area contributed by atoms with E-state index in [0.29, 0.717) is 35.5 Å². The fourth-order valence-corrected chi connectivity index (χ4v) is 5.91. The normalized spacial score (nSPS) is 8.90. The Morgan fingerprint density at radius 1 is 0.433 bits per heavy atom. The molecule has 0 spiro atoms. The van der Waals surface area contributed by atoms with Crippen LogP contribution in [0.1, 0.15) is 234 Å². The molecule has 0 aliphatic heterocycles. The molecule has 60 heavy (non-hydrogen) atoms. The van der Waals surface area contributed by atoms with E-state index in [1.807, 2.05) is 94.7 Å². The summed E-state index contributed by atoms with van der Waals surface area (Å²) in [5.74, 6) is 4.06. The van der Waals surface area contributed by atoms with Gasteiger partial charge >= 0.3 is 0 Å². The summed E-state index contributed by atoms with van der Waals surface area (Å²) in [5.41, 5.74) is 5.70. The van der Waals surface area contributed by atoms with Crippen LogP contribution in [0, 0.1) is 0 Å². The third-order valence-electron chi connectivity index (χ3n) is 5.45. The van der Waals surface area contributed by atoms with E-state index in [9.17, 15) is 0 Å². The quantitative estimate of drug-likeness (QED) is 0.156. The van der Waals surface area contributed by atoms with E-state index in [-0.39, 0.29) is 0 Å². The molecule has 6 aromatic heterocycles. The summed E-state index contributed by atoms with van der Waals surface area (Å²) in [7, 11) is 0. The van der Waals surface area contributed by atoms with Crippen molar-refractivity contribution in [2.75, 3.05) is 0 Å². The highest BCUT2D eigenvalue weighted by Crippen LogP contribution is 2.15. The van der Waals surface area contributed by atoms with E-state index in [0.717, 1.165) is 32.2 Å². The van der Waals surface area contributed by atoms with Gasteiger partial charge in [-0.1, -0.05) is 171 Å². The summed E-state index contributed by atoms with van der Waals surface area (Å²) < 4.78 is 23.4. The monoisotopic (exact) mass is 949 g/mol. The molecule has 0 aromatic carbocycles. The molecule has 0 bridgehead atoms. The van der Waals surface area contributed by atoms with E-state index < -0.39 is 0 Å². The van der Waals surface area contributed by atoms with Crippen molar-refractivity contribution in [2.24, 2.45) is 0 Å². The average molecular weight is 950 g/mol. The van der Waals surface area contributed by atoms with Crippen molar-refractivity contribution < 1.29 is 0 Å². The highest BCUT2D eigenvalue weighted by atomic mass is 32.1. The van der Waals surface area contributed by atoms with Crippen LogP contribution in [0.5, 0.6) is 0 Å². The summed E-state index contributed by atoms with van der Waals surface area (Å²) in [5, 5.41) is 16.8. The topological polar surface area (TPSA) is 155 Å². The Kier molecular flexibility index (Phi) is 60.4. The van der Waals surface area contributed by atoms with Gasteiger partial charge in [-0.3, -0.25) is 0 Å². The van der Waals surface area contributed by atoms with Crippen LogP contribution in [0.3, 0.4) is 0 Å². The first-order chi connectivity index (χ1) is 28.8. The SMILES string of the molecule is CC.CC.CC.CC.CC.CC.CC(C)c1cnsn1.CC(C)c1csnn1.CC(C)c1ncns1.CC(C)c1ncns1.CC(C)c1ncsn1.CC(C)c1nncs1. The lowest BCUT2D eigenvalue weighted by Crippen LogP contribution is -1.87. The largest absolute Gasteiger partial charge is 0.228 e. The molecule has 0 unspecified atom stereocenters. The maximum absolute atomic E-state index is 4.05. The zero-order chi connectivity index (χ0) is 47.9. The molecule has 6 rings (SSSR count). The standard InChI is InChI=1S/6C5H8N2S.6C2H6/c1-4(2)5-7-6-3-8-5;1-4(2)5-6-3-8-7-5;2*1-4(2)5-6-3-7-8-5;1-4(2)5-3-8-7-6-5;1-4(2)5-3-6-8-7-5;6*1-2/h6*3-4H,1-2H3;6*1-2H3. The van der Waals surface area contributed by atoms with Gasteiger partial charge in [0.2, 0.25) is 0 Å². The molecule has 0 amide bonds. The van der Waals surface area contributed by atoms with Crippen LogP contribution in [0.25, 0.3) is 0 Å². The van der Waals surface area contributed by atoms with Crippen molar-refractivity contribution in [3.63, 3.8) is 0 Å². The van der Waals surface area contributed by atoms with Crippen LogP contribution in [-0.2, 0) is 0 Å². The second-order valence-corrected chi connectivity index (χ2v) is 16.0. The van der Waals surface area contributed by atoms with E-state index >= 15 is 0 Å². The number of hydrogen-bond donors (Lipinski definition) is 0. The molecule has 12 nitrogen and oxygen atoms in total. The van der Waals surface area contributed by atoms with Gasteiger partial charge in [0.05, 0.1) is 29.3 Å². The van der Waals surface area contributed by atoms with Crippen molar-refractivity contribution in [1.29, 1.82) is 0 Å². The lowest BCUT2D eigenvalue weighted by atomic mass is 10.2. The van der Waals surface area contributed by atoms with Crippen LogP contribution >= 0.6 is 69.2 Å². The van der Waals surface area contributed by atoms with Gasteiger partial charge in [-0.2, -0.15) is 21.9 Å². The fourth-order valence-electron chi connectivity index (χ4n) is 2.59. The Labute approximate surface area is 392 Å². The minimum absolute atomic E-state index is 0.473. The predicted octanol–water partition coefficient (Wildman–Crippen LogP) is 16.1. The molecule has 0 radical (unpaired) electrons. The van der Waals surface area contributed by atoms with Crippen LogP contribution in [0.2, 0.25) is 0 Å². The molecule has 0 N–H and O–H groups in total. The molecule has 348 valence electrons. The van der Waals surface area contributed by atoms with Crippen molar-refractivity contribution >= 4 is 69.2 Å². The van der Waals surface area contributed by atoms with Crippen LogP contribution in [0.4, 0.5) is 0 Å². The molecule has 0 fully saturated rings. The summed E-state index contributed by atoms with van der Waals surface area (Å²) in [4.78, 5) is 12.1. The smallest absolute Gasteiger partial charge is 0.144 e. The number of aromatic nitrogens is 12. The molecule has 6 aromatic rings. The van der Waals surface area contributed by atoms with Crippen LogP contribution in [-0.4, -0.2) is 56.6 Å². The third kappa shape index (κ3) is 40.7. The van der Waals surface area contributed by atoms with Crippen molar-refractivity contribution in [1.82, 2.24) is 56.6 Å². The molecule has 0 saturated heterocycles. The first kappa shape index (κ1) is 69.1. The van der Waals surface area contributed by atoms with Gasteiger partial charge in [0.1, 0.15) is 44.5 Å². The zero-order valence-electron chi connectivity index (χ0n) is 41.7. The molecular weight excluding hydrogens is 865 g/mol. The number of rotatable bonds is 6. The van der Waals surface area contributed by atoms with Gasteiger partial charge in [0.15, 0.2) is 0 Å². The summed E-state index contributed by atoms with van der Waals surface area (Å²) in [6.45, 7) is 49.3. The number of hydrogen-bond acceptors (Lipinski definition) is 18. The van der Waals surface area contributed by atoms with Gasteiger partial charge in [-0.15, -0.1) is 26.6 Å². The minimum atomic E-state index is 0.473. The maximum Gasteiger partial charge on any atom is 0.144 e. The Morgan fingerprint density at radius 3 is 1.07 bits per heavy atom. The molecule has 0 saturated carbocycles. The van der Waals surface area contributed by atoms with Gasteiger partial charge < -0.3 is 0 Å². The summed E-state index contributed by atoms with van der Waals surface area (Å²) >= 11 is 8.63. The van der Waals surface area contributed by atoms with E-state index in [4.69, 9.17) is 0 Å². The van der Waals surface area contributed by atoms with Gasteiger partial charge in [0.25, 0.3) is 0 Å². The van der Waals surface area contributed by atoms with Gasteiger partial charge in [-0.25, -0.2) is 15.0 Å². The Balaban J connectivity index is -0.000000139. The predicted molar refractivity (Wildman–Crippen MR) is 272 cm³/mol. The first-order valence-electron chi connectivity index (χ1n) is 21.4. The van der Waals surface area contributed by atoms with E-state index in [1.165, 1.54) is 57.9 Å². The van der Waals surface area contributed by atoms with Crippen molar-refractivity contribution in [2.45, 2.75) is 202 Å². The Hall–Kier alpha value is -2.64. The zero-order valence-corrected chi connectivity index (χ0v) is 46.6. The highest BCUT2D eigenvalue weighted by molar-refractivity contribution is 7.09. The van der Waals surface area contributed by atoms with Gasteiger partial charge in [0, 0.05) is 29.1 Å². The molecule has 0 aliphatic rings. The summed E-state index contributed by atoms with van der Waals surface area (Å²) in [6.07, 6.45) is 5.01. The van der Waals surface area contributed by atoms with Crippen molar-refractivity contribution in [3.05, 3.63) is 67.5 Å². The minimum Gasteiger partial charge on any atom is -0.228 e. The Morgan fingerprint density at radius 2 is 0.900 bits per heavy atom. The van der Waals surface area contributed by atoms with Crippen LogP contribution < -0.4 is 0 Å². The van der Waals surface area contributed by atoms with Gasteiger partial charge in [-0.05, 0) is 58.0 Å². The molecule has 0 atom stereocenters. The number of nitrogens with zero attached hydrogens (tertiary/aromatic N) is 12. The third-order valence-corrected chi connectivity index (χ3v) is 9.88. The first-order valence-corrected chi connectivity index (χ1v) is 26.3. The summed E-state index contributed by atoms with van der Waals surface area (Å²) in [6, 6.07) is 0. The lowest BCUT2D eigenvalue weighted by Gasteiger charge is -1.92.